The molecule has 1 aromatic carbocycles. The molecular weight excluding hydrogens is 210 g/mol. The van der Waals surface area contributed by atoms with Gasteiger partial charge in [-0.1, -0.05) is 45.4 Å². The van der Waals surface area contributed by atoms with Gasteiger partial charge in [0.15, 0.2) is 0 Å². The Labute approximate surface area is 102 Å². The third kappa shape index (κ3) is 0.852. The average molecular weight is 229 g/mol. The topological polar surface area (TPSA) is 29.1 Å². The second-order valence-electron chi connectivity index (χ2n) is 6.50. The molecule has 1 spiro atoms. The van der Waals surface area contributed by atoms with Gasteiger partial charge < -0.3 is 5.32 Å². The van der Waals surface area contributed by atoms with Crippen LogP contribution in [0.2, 0.25) is 0 Å². The van der Waals surface area contributed by atoms with Gasteiger partial charge in [-0.05, 0) is 29.4 Å². The van der Waals surface area contributed by atoms with E-state index in [1.165, 1.54) is 11.1 Å². The number of carbonyl (C=O) groups excluding carboxylic acids is 1. The van der Waals surface area contributed by atoms with Crippen LogP contribution in [0.3, 0.4) is 0 Å². The zero-order valence-corrected chi connectivity index (χ0v) is 11.1. The normalized spacial score (nSPS) is 25.6. The smallest absolute Gasteiger partial charge is 0.236 e. The van der Waals surface area contributed by atoms with E-state index in [-0.39, 0.29) is 22.2 Å². The Kier molecular flexibility index (Phi) is 1.64. The van der Waals surface area contributed by atoms with Gasteiger partial charge in [0.05, 0.1) is 5.41 Å². The van der Waals surface area contributed by atoms with E-state index >= 15 is 0 Å². The standard InChI is InChI=1S/C15H19NO/c1-9-6-7-11-10(8-9)15(12(17)16-11)13(2,3)14(15,4)5/h6-8H,1-5H3,(H,16,17). The number of aryl methyl sites for hydroxylation is 1. The summed E-state index contributed by atoms with van der Waals surface area (Å²) in [5, 5.41) is 3.05. The molecule has 0 bridgehead atoms. The van der Waals surface area contributed by atoms with E-state index in [1.54, 1.807) is 0 Å². The van der Waals surface area contributed by atoms with Crippen molar-refractivity contribution in [3.05, 3.63) is 29.3 Å². The fraction of sp³-hybridized carbons (Fsp3) is 0.533. The highest BCUT2D eigenvalue weighted by molar-refractivity contribution is 6.10. The summed E-state index contributed by atoms with van der Waals surface area (Å²) < 4.78 is 0. The zero-order chi connectivity index (χ0) is 12.6. The molecule has 1 aromatic rings. The van der Waals surface area contributed by atoms with Crippen molar-refractivity contribution >= 4 is 11.6 Å². The maximum atomic E-state index is 12.4. The Bertz CT molecular complexity index is 526. The van der Waals surface area contributed by atoms with Gasteiger partial charge in [0.1, 0.15) is 0 Å². The number of carbonyl (C=O) groups is 1. The van der Waals surface area contributed by atoms with Gasteiger partial charge in [-0.25, -0.2) is 0 Å². The largest absolute Gasteiger partial charge is 0.325 e. The van der Waals surface area contributed by atoms with Gasteiger partial charge in [0.2, 0.25) is 5.91 Å². The second kappa shape index (κ2) is 2.58. The third-order valence-corrected chi connectivity index (χ3v) is 5.54. The number of hydrogen-bond donors (Lipinski definition) is 1. The van der Waals surface area contributed by atoms with E-state index < -0.39 is 0 Å². The van der Waals surface area contributed by atoms with E-state index in [1.807, 2.05) is 6.07 Å². The molecule has 1 N–H and O–H groups in total. The molecule has 1 amide bonds. The SMILES string of the molecule is Cc1ccc2c(c1)C1(C(=O)N2)C(C)(C)C1(C)C. The van der Waals surface area contributed by atoms with E-state index in [2.05, 4.69) is 52.1 Å². The number of anilines is 1. The Morgan fingerprint density at radius 2 is 1.65 bits per heavy atom. The summed E-state index contributed by atoms with van der Waals surface area (Å²) in [4.78, 5) is 12.4. The summed E-state index contributed by atoms with van der Waals surface area (Å²) in [6, 6.07) is 6.26. The van der Waals surface area contributed by atoms with E-state index in [9.17, 15) is 4.79 Å². The van der Waals surface area contributed by atoms with E-state index in [4.69, 9.17) is 0 Å². The van der Waals surface area contributed by atoms with Crippen molar-refractivity contribution < 1.29 is 4.79 Å². The number of fused-ring (bicyclic) bond motifs is 2. The Morgan fingerprint density at radius 3 is 2.18 bits per heavy atom. The summed E-state index contributed by atoms with van der Waals surface area (Å²) >= 11 is 0. The van der Waals surface area contributed by atoms with Gasteiger partial charge in [-0.3, -0.25) is 4.79 Å². The lowest BCUT2D eigenvalue weighted by atomic mass is 9.87. The number of benzene rings is 1. The molecule has 2 heteroatoms. The van der Waals surface area contributed by atoms with Crippen LogP contribution in [0.15, 0.2) is 18.2 Å². The fourth-order valence-corrected chi connectivity index (χ4v) is 3.97. The van der Waals surface area contributed by atoms with Crippen molar-refractivity contribution in [3.63, 3.8) is 0 Å². The minimum Gasteiger partial charge on any atom is -0.325 e. The fourth-order valence-electron chi connectivity index (χ4n) is 3.97. The quantitative estimate of drug-likeness (QED) is 0.727. The Hall–Kier alpha value is -1.31. The van der Waals surface area contributed by atoms with Gasteiger partial charge in [0.25, 0.3) is 0 Å². The number of hydrogen-bond acceptors (Lipinski definition) is 1. The summed E-state index contributed by atoms with van der Waals surface area (Å²) in [6.45, 7) is 10.9. The van der Waals surface area contributed by atoms with Gasteiger partial charge in [-0.2, -0.15) is 0 Å². The highest BCUT2D eigenvalue weighted by Gasteiger charge is 2.83. The van der Waals surface area contributed by atoms with Crippen LogP contribution < -0.4 is 5.32 Å². The van der Waals surface area contributed by atoms with Gasteiger partial charge in [-0.15, -0.1) is 0 Å². The summed E-state index contributed by atoms with van der Waals surface area (Å²) in [5.41, 5.74) is 3.11. The first kappa shape index (κ1) is 10.8. The molecule has 1 aliphatic heterocycles. The molecule has 1 heterocycles. The Balaban J connectivity index is 2.30. The third-order valence-electron chi connectivity index (χ3n) is 5.54. The van der Waals surface area contributed by atoms with Crippen LogP contribution in [0.5, 0.6) is 0 Å². The molecule has 90 valence electrons. The minimum atomic E-state index is -0.332. The summed E-state index contributed by atoms with van der Waals surface area (Å²) in [5.74, 6) is 0.174. The van der Waals surface area contributed by atoms with Gasteiger partial charge in [0, 0.05) is 5.69 Å². The van der Waals surface area contributed by atoms with Crippen LogP contribution in [0.4, 0.5) is 5.69 Å². The molecule has 2 aliphatic rings. The predicted molar refractivity (Wildman–Crippen MR) is 69.0 cm³/mol. The monoisotopic (exact) mass is 229 g/mol. The molecule has 0 atom stereocenters. The number of nitrogens with one attached hydrogen (secondary N) is 1. The maximum absolute atomic E-state index is 12.4. The molecule has 1 saturated carbocycles. The van der Waals surface area contributed by atoms with Crippen LogP contribution in [0.1, 0.15) is 38.8 Å². The molecule has 2 nitrogen and oxygen atoms in total. The average Bonchev–Trinajstić information content (AvgIpc) is 2.49. The molecule has 17 heavy (non-hydrogen) atoms. The maximum Gasteiger partial charge on any atom is 0.236 e. The Morgan fingerprint density at radius 1 is 1.06 bits per heavy atom. The first-order valence-corrected chi connectivity index (χ1v) is 6.19. The lowest BCUT2D eigenvalue weighted by molar-refractivity contribution is -0.119. The molecule has 0 radical (unpaired) electrons. The summed E-state index contributed by atoms with van der Waals surface area (Å²) in [7, 11) is 0. The molecule has 0 unspecified atom stereocenters. The van der Waals surface area contributed by atoms with Crippen LogP contribution in [0.25, 0.3) is 0 Å². The van der Waals surface area contributed by atoms with Crippen LogP contribution in [-0.4, -0.2) is 5.91 Å². The highest BCUT2D eigenvalue weighted by Crippen LogP contribution is 2.80. The number of amides is 1. The van der Waals surface area contributed by atoms with E-state index in [0.717, 1.165) is 5.69 Å². The van der Waals surface area contributed by atoms with Crippen molar-refractivity contribution in [3.8, 4) is 0 Å². The first-order valence-electron chi connectivity index (χ1n) is 6.19. The molecular formula is C15H19NO. The lowest BCUT2D eigenvalue weighted by Crippen LogP contribution is -2.26. The van der Waals surface area contributed by atoms with Crippen molar-refractivity contribution in [1.29, 1.82) is 0 Å². The van der Waals surface area contributed by atoms with Gasteiger partial charge >= 0.3 is 0 Å². The molecule has 1 fully saturated rings. The first-order chi connectivity index (χ1) is 7.76. The van der Waals surface area contributed by atoms with Crippen molar-refractivity contribution in [1.82, 2.24) is 0 Å². The predicted octanol–water partition coefficient (Wildman–Crippen LogP) is 3.25. The molecule has 0 saturated heterocycles. The van der Waals surface area contributed by atoms with Crippen molar-refractivity contribution in [2.75, 3.05) is 5.32 Å². The zero-order valence-electron chi connectivity index (χ0n) is 11.1. The van der Waals surface area contributed by atoms with E-state index in [0.29, 0.717) is 0 Å². The summed E-state index contributed by atoms with van der Waals surface area (Å²) in [6.07, 6.45) is 0. The molecule has 1 aliphatic carbocycles. The molecule has 0 aromatic heterocycles. The number of rotatable bonds is 0. The minimum absolute atomic E-state index is 0.0170. The second-order valence-corrected chi connectivity index (χ2v) is 6.50. The van der Waals surface area contributed by atoms with Crippen molar-refractivity contribution in [2.45, 2.75) is 40.0 Å². The van der Waals surface area contributed by atoms with Crippen LogP contribution >= 0.6 is 0 Å². The highest BCUT2D eigenvalue weighted by atomic mass is 16.2. The molecule has 3 rings (SSSR count). The van der Waals surface area contributed by atoms with Crippen LogP contribution in [0, 0.1) is 17.8 Å². The van der Waals surface area contributed by atoms with Crippen LogP contribution in [-0.2, 0) is 10.2 Å². The lowest BCUT2D eigenvalue weighted by Gasteiger charge is -2.13. The van der Waals surface area contributed by atoms with Crippen molar-refractivity contribution in [2.24, 2.45) is 10.8 Å².